The van der Waals surface area contributed by atoms with Crippen molar-refractivity contribution in [1.29, 1.82) is 0 Å². The lowest BCUT2D eigenvalue weighted by molar-refractivity contribution is 0.556. The fourth-order valence-corrected chi connectivity index (χ4v) is 2.81. The van der Waals surface area contributed by atoms with Crippen molar-refractivity contribution in [1.82, 2.24) is 0 Å². The summed E-state index contributed by atoms with van der Waals surface area (Å²) >= 11 is 0. The van der Waals surface area contributed by atoms with Crippen molar-refractivity contribution in [2.45, 2.75) is 18.7 Å². The molecule has 14 heavy (non-hydrogen) atoms. The molecule has 1 aromatic carbocycles. The van der Waals surface area contributed by atoms with E-state index >= 15 is 0 Å². The Bertz CT molecular complexity index is 456. The van der Waals surface area contributed by atoms with Gasteiger partial charge in [0, 0.05) is 27.9 Å². The highest BCUT2D eigenvalue weighted by atomic mass is 35.7. The summed E-state index contributed by atoms with van der Waals surface area (Å²) in [5.74, 6) is -1.85. The molecule has 78 valence electrons. The van der Waals surface area contributed by atoms with Crippen molar-refractivity contribution in [3.05, 3.63) is 28.8 Å². The van der Waals surface area contributed by atoms with Gasteiger partial charge in [-0.15, -0.1) is 0 Å². The Morgan fingerprint density at radius 1 is 1.14 bits per heavy atom. The molecule has 0 fully saturated rings. The van der Waals surface area contributed by atoms with Crippen LogP contribution in [0.3, 0.4) is 0 Å². The highest BCUT2D eigenvalue weighted by molar-refractivity contribution is 8.13. The van der Waals surface area contributed by atoms with Crippen molar-refractivity contribution in [2.24, 2.45) is 0 Å². The second-order valence-corrected chi connectivity index (χ2v) is 5.36. The second kappa shape index (κ2) is 3.47. The summed E-state index contributed by atoms with van der Waals surface area (Å²) in [6, 6.07) is 0.635. The molecule has 0 aromatic heterocycles. The monoisotopic (exact) mass is 240 g/mol. The Balaban J connectivity index is 3.74. The van der Waals surface area contributed by atoms with Gasteiger partial charge in [0.15, 0.2) is 0 Å². The van der Waals surface area contributed by atoms with E-state index in [0.29, 0.717) is 6.07 Å². The average molecular weight is 241 g/mol. The van der Waals surface area contributed by atoms with Crippen molar-refractivity contribution in [3.8, 4) is 0 Å². The number of benzene rings is 1. The zero-order valence-electron chi connectivity index (χ0n) is 7.44. The Labute approximate surface area is 84.9 Å². The number of halogens is 3. The summed E-state index contributed by atoms with van der Waals surface area (Å²) in [5.41, 5.74) is -0.335. The molecule has 0 saturated carbocycles. The van der Waals surface area contributed by atoms with Gasteiger partial charge in [0.25, 0.3) is 9.05 Å². The zero-order chi connectivity index (χ0) is 11.1. The SMILES string of the molecule is Cc1c(F)cc(F)c(C)c1S(=O)(=O)Cl. The summed E-state index contributed by atoms with van der Waals surface area (Å²) in [4.78, 5) is -0.489. The summed E-state index contributed by atoms with van der Waals surface area (Å²) in [7, 11) is 0.935. The van der Waals surface area contributed by atoms with Gasteiger partial charge in [0.2, 0.25) is 0 Å². The maximum atomic E-state index is 13.0. The molecule has 1 rings (SSSR count). The summed E-state index contributed by atoms with van der Waals surface area (Å²) in [5, 5.41) is 0. The van der Waals surface area contributed by atoms with Crippen molar-refractivity contribution >= 4 is 19.7 Å². The van der Waals surface area contributed by atoms with Gasteiger partial charge in [-0.2, -0.15) is 0 Å². The van der Waals surface area contributed by atoms with Crippen LogP contribution in [0, 0.1) is 25.5 Å². The predicted octanol–water partition coefficient (Wildman–Crippen LogP) is 2.51. The molecule has 0 spiro atoms. The van der Waals surface area contributed by atoms with Gasteiger partial charge >= 0.3 is 0 Å². The lowest BCUT2D eigenvalue weighted by Gasteiger charge is -2.07. The van der Waals surface area contributed by atoms with Crippen molar-refractivity contribution in [3.63, 3.8) is 0 Å². The number of rotatable bonds is 1. The standard InChI is InChI=1S/C8H7ClF2O2S/c1-4-6(10)3-7(11)5(2)8(4)14(9,12)13/h3H,1-2H3. The molecule has 0 bridgehead atoms. The summed E-state index contributed by atoms with van der Waals surface area (Å²) < 4.78 is 48.0. The van der Waals surface area contributed by atoms with Crippen LogP contribution in [0.2, 0.25) is 0 Å². The molecule has 0 saturated heterocycles. The van der Waals surface area contributed by atoms with E-state index in [0.717, 1.165) is 0 Å². The van der Waals surface area contributed by atoms with E-state index in [4.69, 9.17) is 10.7 Å². The first-order valence-corrected chi connectivity index (χ1v) is 5.96. The normalized spacial score (nSPS) is 11.8. The topological polar surface area (TPSA) is 34.1 Å². The first-order chi connectivity index (χ1) is 6.25. The molecular weight excluding hydrogens is 234 g/mol. The average Bonchev–Trinajstić information content (AvgIpc) is 1.98. The lowest BCUT2D eigenvalue weighted by Crippen LogP contribution is -2.03. The maximum Gasteiger partial charge on any atom is 0.262 e. The number of hydrogen-bond donors (Lipinski definition) is 0. The number of hydrogen-bond acceptors (Lipinski definition) is 2. The Kier molecular flexibility index (Phi) is 2.83. The molecule has 6 heteroatoms. The van der Waals surface area contributed by atoms with Gasteiger partial charge in [-0.1, -0.05) is 0 Å². The van der Waals surface area contributed by atoms with Crippen molar-refractivity contribution < 1.29 is 17.2 Å². The van der Waals surface area contributed by atoms with Crippen LogP contribution < -0.4 is 0 Å². The van der Waals surface area contributed by atoms with Crippen LogP contribution in [-0.2, 0) is 9.05 Å². The Hall–Kier alpha value is -0.680. The molecule has 0 aliphatic heterocycles. The zero-order valence-corrected chi connectivity index (χ0v) is 9.01. The van der Waals surface area contributed by atoms with Gasteiger partial charge in [-0.3, -0.25) is 0 Å². The highest BCUT2D eigenvalue weighted by Gasteiger charge is 2.22. The third-order valence-electron chi connectivity index (χ3n) is 1.89. The summed E-state index contributed by atoms with van der Waals surface area (Å²) in [6.07, 6.45) is 0. The predicted molar refractivity (Wildman–Crippen MR) is 48.9 cm³/mol. The molecule has 0 atom stereocenters. The quantitative estimate of drug-likeness (QED) is 0.707. The fraction of sp³-hybridized carbons (Fsp3) is 0.250. The van der Waals surface area contributed by atoms with E-state index in [1.165, 1.54) is 13.8 Å². The molecule has 0 aliphatic rings. The molecule has 0 radical (unpaired) electrons. The van der Waals surface area contributed by atoms with E-state index in [9.17, 15) is 17.2 Å². The van der Waals surface area contributed by atoms with E-state index in [1.807, 2.05) is 0 Å². The van der Waals surface area contributed by atoms with E-state index in [1.54, 1.807) is 0 Å². The van der Waals surface area contributed by atoms with Crippen LogP contribution >= 0.6 is 10.7 Å². The van der Waals surface area contributed by atoms with Crippen LogP contribution in [0.15, 0.2) is 11.0 Å². The van der Waals surface area contributed by atoms with Gasteiger partial charge in [0.05, 0.1) is 4.90 Å². The van der Waals surface area contributed by atoms with Crippen LogP contribution in [-0.4, -0.2) is 8.42 Å². The van der Waals surface area contributed by atoms with Crippen LogP contribution in [0.1, 0.15) is 11.1 Å². The molecule has 1 aromatic rings. The largest absolute Gasteiger partial charge is 0.262 e. The highest BCUT2D eigenvalue weighted by Crippen LogP contribution is 2.27. The summed E-state index contributed by atoms with van der Waals surface area (Å²) in [6.45, 7) is 2.47. The molecule has 0 amide bonds. The minimum Gasteiger partial charge on any atom is -0.207 e. The Morgan fingerprint density at radius 3 is 1.79 bits per heavy atom. The van der Waals surface area contributed by atoms with Crippen LogP contribution in [0.5, 0.6) is 0 Å². The third kappa shape index (κ3) is 1.88. The second-order valence-electron chi connectivity index (χ2n) is 2.86. The minimum absolute atomic E-state index is 0.168. The third-order valence-corrected chi connectivity index (χ3v) is 3.46. The molecular formula is C8H7ClF2O2S. The first-order valence-electron chi connectivity index (χ1n) is 3.65. The Morgan fingerprint density at radius 2 is 1.50 bits per heavy atom. The minimum atomic E-state index is -4.12. The molecule has 2 nitrogen and oxygen atoms in total. The van der Waals surface area contributed by atoms with Gasteiger partial charge in [-0.05, 0) is 13.8 Å². The molecule has 0 unspecified atom stereocenters. The van der Waals surface area contributed by atoms with Crippen LogP contribution in [0.4, 0.5) is 8.78 Å². The lowest BCUT2D eigenvalue weighted by atomic mass is 10.1. The van der Waals surface area contributed by atoms with Crippen LogP contribution in [0.25, 0.3) is 0 Å². The molecule has 0 heterocycles. The van der Waals surface area contributed by atoms with Crippen molar-refractivity contribution in [2.75, 3.05) is 0 Å². The maximum absolute atomic E-state index is 13.0. The van der Waals surface area contributed by atoms with Gasteiger partial charge in [-0.25, -0.2) is 17.2 Å². The molecule has 0 aliphatic carbocycles. The first kappa shape index (κ1) is 11.4. The fourth-order valence-electron chi connectivity index (χ4n) is 1.19. The van der Waals surface area contributed by atoms with Gasteiger partial charge < -0.3 is 0 Å². The smallest absolute Gasteiger partial charge is 0.207 e. The van der Waals surface area contributed by atoms with E-state index in [-0.39, 0.29) is 11.1 Å². The molecule has 0 N–H and O–H groups in total. The van der Waals surface area contributed by atoms with E-state index in [2.05, 4.69) is 0 Å². The van der Waals surface area contributed by atoms with E-state index < -0.39 is 25.6 Å². The van der Waals surface area contributed by atoms with Gasteiger partial charge in [0.1, 0.15) is 11.6 Å².